The molecule has 1 aromatic carbocycles. The minimum atomic E-state index is -5.74. The third-order valence-corrected chi connectivity index (χ3v) is 11.1. The normalized spacial score (nSPS) is 13.0. The summed E-state index contributed by atoms with van der Waals surface area (Å²) in [5.74, 6) is 0. The molecule has 0 aliphatic carbocycles. The van der Waals surface area contributed by atoms with Crippen molar-refractivity contribution in [1.82, 2.24) is 4.98 Å². The Morgan fingerprint density at radius 2 is 1.68 bits per heavy atom. The van der Waals surface area contributed by atoms with E-state index in [0.29, 0.717) is 18.3 Å². The summed E-state index contributed by atoms with van der Waals surface area (Å²) in [6.45, 7) is 5.28. The molecule has 0 aliphatic heterocycles. The first-order valence-corrected chi connectivity index (χ1v) is 11.7. The number of aryl methyl sites for hydroxylation is 3. The van der Waals surface area contributed by atoms with Gasteiger partial charge < -0.3 is 0 Å². The molecule has 0 saturated heterocycles. The van der Waals surface area contributed by atoms with Gasteiger partial charge in [-0.15, -0.1) is 0 Å². The number of aromatic nitrogens is 1. The summed E-state index contributed by atoms with van der Waals surface area (Å²) in [4.78, 5) is 3.84. The van der Waals surface area contributed by atoms with Gasteiger partial charge in [-0.05, 0) is 0 Å². The van der Waals surface area contributed by atoms with Gasteiger partial charge in [-0.2, -0.15) is 0 Å². The molecule has 0 spiro atoms. The van der Waals surface area contributed by atoms with Gasteiger partial charge in [-0.1, -0.05) is 0 Å². The van der Waals surface area contributed by atoms with Crippen LogP contribution < -0.4 is 0 Å². The SMILES string of the molecule is Cc1cc(C)c(I(OS(=O)(=O)C(F)(F)F)c2ccc(Cl)nc2)c(C)c1. The van der Waals surface area contributed by atoms with Crippen molar-refractivity contribution in [1.29, 1.82) is 0 Å². The minimum absolute atomic E-state index is 0.149. The maximum atomic E-state index is 12.8. The number of alkyl halides is 3. The monoisotopic (exact) mass is 507 g/mol. The first-order chi connectivity index (χ1) is 11.4. The van der Waals surface area contributed by atoms with E-state index in [1.165, 1.54) is 18.3 Å². The molecule has 0 fully saturated rings. The predicted octanol–water partition coefficient (Wildman–Crippen LogP) is 4.99. The Balaban J connectivity index is 2.64. The third kappa shape index (κ3) is 4.63. The second-order valence-electron chi connectivity index (χ2n) is 5.22. The second kappa shape index (κ2) is 7.37. The predicted molar refractivity (Wildman–Crippen MR) is 97.4 cm³/mol. The third-order valence-electron chi connectivity index (χ3n) is 3.07. The molecule has 2 rings (SSSR count). The van der Waals surface area contributed by atoms with Crippen LogP contribution in [0.5, 0.6) is 0 Å². The van der Waals surface area contributed by atoms with E-state index in [2.05, 4.69) is 4.98 Å². The van der Waals surface area contributed by atoms with Gasteiger partial charge in [-0.25, -0.2) is 0 Å². The molecule has 0 aliphatic rings. The molecule has 138 valence electrons. The molecule has 0 amide bonds. The average molecular weight is 508 g/mol. The molecule has 0 unspecified atom stereocenters. The average Bonchev–Trinajstić information content (AvgIpc) is 2.44. The first kappa shape index (κ1) is 20.4. The number of benzene rings is 1. The molecule has 0 saturated carbocycles. The summed E-state index contributed by atoms with van der Waals surface area (Å²) in [7, 11) is -5.74. The van der Waals surface area contributed by atoms with Crippen LogP contribution in [0.15, 0.2) is 30.5 Å². The van der Waals surface area contributed by atoms with Crippen molar-refractivity contribution in [2.45, 2.75) is 26.3 Å². The van der Waals surface area contributed by atoms with E-state index in [1.54, 1.807) is 26.0 Å². The van der Waals surface area contributed by atoms with Crippen LogP contribution >= 0.6 is 31.8 Å². The summed E-state index contributed by atoms with van der Waals surface area (Å²) in [5.41, 5.74) is -3.22. The van der Waals surface area contributed by atoms with Gasteiger partial charge in [0.1, 0.15) is 0 Å². The van der Waals surface area contributed by atoms with E-state index < -0.39 is 35.9 Å². The summed E-state index contributed by atoms with van der Waals surface area (Å²) >= 11 is 2.27. The molecule has 0 N–H and O–H groups in total. The van der Waals surface area contributed by atoms with Gasteiger partial charge in [0.2, 0.25) is 0 Å². The molecule has 0 radical (unpaired) electrons. The summed E-state index contributed by atoms with van der Waals surface area (Å²) < 4.78 is 67.2. The van der Waals surface area contributed by atoms with Gasteiger partial charge in [0, 0.05) is 0 Å². The first-order valence-electron chi connectivity index (χ1n) is 6.83. The number of hydrogen-bond donors (Lipinski definition) is 0. The fourth-order valence-electron chi connectivity index (χ4n) is 2.19. The Morgan fingerprint density at radius 3 is 2.12 bits per heavy atom. The van der Waals surface area contributed by atoms with Crippen LogP contribution in [-0.2, 0) is 12.6 Å². The van der Waals surface area contributed by atoms with Crippen LogP contribution in [0.3, 0.4) is 0 Å². The Hall–Kier alpha value is -0.910. The summed E-state index contributed by atoms with van der Waals surface area (Å²) in [6, 6.07) is 6.40. The van der Waals surface area contributed by atoms with Crippen molar-refractivity contribution >= 4 is 42.0 Å². The molecular weight excluding hydrogens is 494 g/mol. The summed E-state index contributed by atoms with van der Waals surface area (Å²) in [5, 5.41) is 0.149. The summed E-state index contributed by atoms with van der Waals surface area (Å²) in [6.07, 6.45) is 1.26. The Bertz CT molecular complexity index is 863. The van der Waals surface area contributed by atoms with E-state index >= 15 is 0 Å². The van der Waals surface area contributed by atoms with Crippen LogP contribution in [0.2, 0.25) is 5.15 Å². The van der Waals surface area contributed by atoms with Crippen molar-refractivity contribution in [3.8, 4) is 0 Å². The van der Waals surface area contributed by atoms with Gasteiger partial charge >= 0.3 is 157 Å². The molecule has 4 nitrogen and oxygen atoms in total. The van der Waals surface area contributed by atoms with Gasteiger partial charge in [0.15, 0.2) is 0 Å². The standard InChI is InChI=1S/C15H14ClF3INO3S/c1-9-6-10(2)14(11(3)7-9)20(12-4-5-13(16)21-8-12)24-25(22,23)15(17,18)19/h4-8H,1-3H3. The Labute approximate surface area is 156 Å². The number of hydrogen-bond acceptors (Lipinski definition) is 4. The molecule has 0 bridgehead atoms. The number of nitrogens with zero attached hydrogens (tertiary/aromatic N) is 1. The number of rotatable bonds is 4. The van der Waals surface area contributed by atoms with Gasteiger partial charge in [0.05, 0.1) is 0 Å². The molecular formula is C15H14ClF3INO3S. The number of pyridine rings is 1. The zero-order valence-electron chi connectivity index (χ0n) is 13.4. The molecule has 25 heavy (non-hydrogen) atoms. The molecule has 1 aromatic heterocycles. The number of halogens is 5. The topological polar surface area (TPSA) is 56.3 Å². The molecule has 10 heteroatoms. The second-order valence-corrected chi connectivity index (χ2v) is 11.9. The van der Waals surface area contributed by atoms with Crippen molar-refractivity contribution in [3.05, 3.63) is 59.4 Å². The van der Waals surface area contributed by atoms with Gasteiger partial charge in [0.25, 0.3) is 0 Å². The molecule has 2 aromatic rings. The van der Waals surface area contributed by atoms with Crippen LogP contribution in [0.4, 0.5) is 13.2 Å². The quantitative estimate of drug-likeness (QED) is 0.333. The molecule has 1 heterocycles. The van der Waals surface area contributed by atoms with Crippen molar-refractivity contribution in [2.75, 3.05) is 0 Å². The van der Waals surface area contributed by atoms with E-state index in [-0.39, 0.29) is 5.15 Å². The zero-order valence-corrected chi connectivity index (χ0v) is 17.1. The van der Waals surface area contributed by atoms with Crippen LogP contribution in [-0.4, -0.2) is 18.9 Å². The van der Waals surface area contributed by atoms with E-state index in [4.69, 9.17) is 14.1 Å². The Kier molecular flexibility index (Phi) is 6.02. The van der Waals surface area contributed by atoms with Crippen molar-refractivity contribution in [2.24, 2.45) is 0 Å². The van der Waals surface area contributed by atoms with Crippen molar-refractivity contribution in [3.63, 3.8) is 0 Å². The van der Waals surface area contributed by atoms with Gasteiger partial charge in [-0.3, -0.25) is 0 Å². The fraction of sp³-hybridized carbons (Fsp3) is 0.267. The van der Waals surface area contributed by atoms with E-state index in [1.807, 2.05) is 6.92 Å². The van der Waals surface area contributed by atoms with Crippen LogP contribution in [0.1, 0.15) is 16.7 Å². The van der Waals surface area contributed by atoms with E-state index in [9.17, 15) is 21.6 Å². The van der Waals surface area contributed by atoms with Crippen LogP contribution in [0, 0.1) is 27.9 Å². The maximum absolute atomic E-state index is 12.8. The Morgan fingerprint density at radius 1 is 1.12 bits per heavy atom. The van der Waals surface area contributed by atoms with Crippen LogP contribution in [0.25, 0.3) is 0 Å². The fourth-order valence-corrected chi connectivity index (χ4v) is 9.25. The van der Waals surface area contributed by atoms with E-state index in [0.717, 1.165) is 5.56 Å². The molecule has 0 atom stereocenters. The van der Waals surface area contributed by atoms with Crippen molar-refractivity contribution < 1.29 is 24.1 Å². The zero-order chi connectivity index (χ0) is 19.0.